The van der Waals surface area contributed by atoms with Gasteiger partial charge in [0.2, 0.25) is 0 Å². The number of hydrogen-bond acceptors (Lipinski definition) is 1. The topological polar surface area (TPSA) is 4.93 Å². The molecule has 1 aromatic carbocycles. The molecule has 0 fully saturated rings. The third kappa shape index (κ3) is 1.29. The molecule has 0 N–H and O–H groups in total. The smallest absolute Gasteiger partial charge is 0.0666 e. The fourth-order valence-electron chi connectivity index (χ4n) is 1.93. The molecule has 15 heavy (non-hydrogen) atoms. The van der Waals surface area contributed by atoms with Crippen LogP contribution in [0.1, 0.15) is 0 Å². The van der Waals surface area contributed by atoms with Gasteiger partial charge in [-0.15, -0.1) is 11.3 Å². The second-order valence-corrected chi connectivity index (χ2v) is 4.57. The number of thiophene rings is 1. The molecule has 0 aliphatic heterocycles. The Morgan fingerprint density at radius 2 is 1.87 bits per heavy atom. The van der Waals surface area contributed by atoms with Gasteiger partial charge in [0.15, 0.2) is 0 Å². The maximum atomic E-state index is 2.24. The number of nitrogens with zero attached hydrogens (tertiary/aromatic N) is 1. The Bertz CT molecular complexity index is 589. The number of benzene rings is 1. The molecule has 0 saturated carbocycles. The second-order valence-electron chi connectivity index (χ2n) is 3.65. The van der Waals surface area contributed by atoms with Gasteiger partial charge in [0.05, 0.1) is 10.2 Å². The van der Waals surface area contributed by atoms with Gasteiger partial charge in [-0.3, -0.25) is 0 Å². The highest BCUT2D eigenvalue weighted by atomic mass is 32.1. The summed E-state index contributed by atoms with van der Waals surface area (Å²) in [7, 11) is 2.10. The minimum atomic E-state index is 1.30. The summed E-state index contributed by atoms with van der Waals surface area (Å²) in [5, 5.41) is 2.24. The van der Waals surface area contributed by atoms with Gasteiger partial charge in [-0.1, -0.05) is 30.3 Å². The number of aryl methyl sites for hydroxylation is 1. The monoisotopic (exact) mass is 213 g/mol. The molecule has 0 aliphatic carbocycles. The number of hydrogen-bond donors (Lipinski definition) is 0. The molecule has 0 atom stereocenters. The van der Waals surface area contributed by atoms with E-state index in [9.17, 15) is 0 Å². The Morgan fingerprint density at radius 1 is 1.07 bits per heavy atom. The maximum absolute atomic E-state index is 2.24. The van der Waals surface area contributed by atoms with Crippen LogP contribution in [0.3, 0.4) is 0 Å². The lowest BCUT2D eigenvalue weighted by Gasteiger charge is -2.00. The van der Waals surface area contributed by atoms with Crippen LogP contribution in [0.15, 0.2) is 48.0 Å². The van der Waals surface area contributed by atoms with Gasteiger partial charge >= 0.3 is 0 Å². The standard InChI is InChI=1S/C13H11NS/c1-14-8-7-12-13(14)11(9-15-12)10-5-3-2-4-6-10/h2-9H,1H3. The minimum Gasteiger partial charge on any atom is -0.349 e. The SMILES string of the molecule is Cn1ccc2scc(-c3ccccc3)c21. The van der Waals surface area contributed by atoms with E-state index in [1.807, 2.05) is 11.3 Å². The highest BCUT2D eigenvalue weighted by molar-refractivity contribution is 7.17. The molecule has 0 aliphatic rings. The van der Waals surface area contributed by atoms with Crippen molar-refractivity contribution >= 4 is 21.6 Å². The summed E-state index contributed by atoms with van der Waals surface area (Å²) in [6, 6.07) is 12.7. The van der Waals surface area contributed by atoms with E-state index >= 15 is 0 Å². The molecule has 2 heteroatoms. The fourth-order valence-corrected chi connectivity index (χ4v) is 2.92. The Balaban J connectivity index is 2.31. The van der Waals surface area contributed by atoms with E-state index in [1.54, 1.807) is 0 Å². The third-order valence-corrected chi connectivity index (χ3v) is 3.62. The second kappa shape index (κ2) is 3.24. The van der Waals surface area contributed by atoms with E-state index in [2.05, 4.69) is 59.6 Å². The van der Waals surface area contributed by atoms with Gasteiger partial charge in [-0.2, -0.15) is 0 Å². The van der Waals surface area contributed by atoms with Crippen molar-refractivity contribution in [3.8, 4) is 11.1 Å². The first-order valence-electron chi connectivity index (χ1n) is 4.94. The molecule has 0 radical (unpaired) electrons. The first-order valence-corrected chi connectivity index (χ1v) is 5.82. The van der Waals surface area contributed by atoms with E-state index in [0.29, 0.717) is 0 Å². The molecule has 1 nitrogen and oxygen atoms in total. The largest absolute Gasteiger partial charge is 0.349 e. The Morgan fingerprint density at radius 3 is 2.67 bits per heavy atom. The molecule has 3 aromatic rings. The summed E-state index contributed by atoms with van der Waals surface area (Å²) in [6.45, 7) is 0. The zero-order chi connectivity index (χ0) is 10.3. The molecule has 0 bridgehead atoms. The normalized spacial score (nSPS) is 11.0. The van der Waals surface area contributed by atoms with Gasteiger partial charge < -0.3 is 4.57 Å². The van der Waals surface area contributed by atoms with Crippen LogP contribution in [0.4, 0.5) is 0 Å². The lowest BCUT2D eigenvalue weighted by molar-refractivity contribution is 0.971. The summed E-state index contributed by atoms with van der Waals surface area (Å²) in [4.78, 5) is 0. The quantitative estimate of drug-likeness (QED) is 0.577. The molecular weight excluding hydrogens is 202 g/mol. The predicted molar refractivity (Wildman–Crippen MR) is 66.2 cm³/mol. The van der Waals surface area contributed by atoms with Crippen LogP contribution < -0.4 is 0 Å². The highest BCUT2D eigenvalue weighted by Crippen LogP contribution is 2.33. The van der Waals surface area contributed by atoms with Crippen LogP contribution in [0, 0.1) is 0 Å². The van der Waals surface area contributed by atoms with Crippen LogP contribution in [-0.2, 0) is 7.05 Å². The van der Waals surface area contributed by atoms with Gasteiger partial charge in [-0.25, -0.2) is 0 Å². The van der Waals surface area contributed by atoms with Crippen molar-refractivity contribution in [3.63, 3.8) is 0 Å². The van der Waals surface area contributed by atoms with E-state index in [-0.39, 0.29) is 0 Å². The van der Waals surface area contributed by atoms with Crippen molar-refractivity contribution in [2.45, 2.75) is 0 Å². The fraction of sp³-hybridized carbons (Fsp3) is 0.0769. The number of aromatic nitrogens is 1. The Labute approximate surface area is 92.6 Å². The molecule has 2 aromatic heterocycles. The van der Waals surface area contributed by atoms with Crippen molar-refractivity contribution in [1.82, 2.24) is 4.57 Å². The molecular formula is C13H11NS. The predicted octanol–water partition coefficient (Wildman–Crippen LogP) is 3.91. The first-order chi connectivity index (χ1) is 7.36. The Kier molecular flexibility index (Phi) is 1.89. The van der Waals surface area contributed by atoms with Crippen LogP contribution >= 0.6 is 11.3 Å². The average Bonchev–Trinajstić information content (AvgIpc) is 2.84. The molecule has 0 amide bonds. The van der Waals surface area contributed by atoms with E-state index in [0.717, 1.165) is 0 Å². The van der Waals surface area contributed by atoms with Crippen LogP contribution in [-0.4, -0.2) is 4.57 Å². The molecule has 3 rings (SSSR count). The van der Waals surface area contributed by atoms with Gasteiger partial charge in [0.25, 0.3) is 0 Å². The van der Waals surface area contributed by atoms with Crippen LogP contribution in [0.2, 0.25) is 0 Å². The summed E-state index contributed by atoms with van der Waals surface area (Å²) < 4.78 is 3.55. The van der Waals surface area contributed by atoms with Crippen molar-refractivity contribution in [2.24, 2.45) is 7.05 Å². The zero-order valence-electron chi connectivity index (χ0n) is 8.47. The third-order valence-electron chi connectivity index (χ3n) is 2.68. The summed E-state index contributed by atoms with van der Waals surface area (Å²) >= 11 is 1.81. The van der Waals surface area contributed by atoms with Gasteiger partial charge in [0.1, 0.15) is 0 Å². The maximum Gasteiger partial charge on any atom is 0.0666 e. The molecule has 2 heterocycles. The van der Waals surface area contributed by atoms with Crippen LogP contribution in [0.5, 0.6) is 0 Å². The molecule has 0 saturated heterocycles. The highest BCUT2D eigenvalue weighted by Gasteiger charge is 2.08. The molecule has 0 unspecified atom stereocenters. The first kappa shape index (κ1) is 8.74. The van der Waals surface area contributed by atoms with Crippen molar-refractivity contribution in [3.05, 3.63) is 48.0 Å². The lowest BCUT2D eigenvalue weighted by Crippen LogP contribution is -1.84. The van der Waals surface area contributed by atoms with Gasteiger partial charge in [-0.05, 0) is 11.6 Å². The van der Waals surface area contributed by atoms with Crippen molar-refractivity contribution < 1.29 is 0 Å². The van der Waals surface area contributed by atoms with E-state index in [4.69, 9.17) is 0 Å². The summed E-state index contributed by atoms with van der Waals surface area (Å²) in [5.41, 5.74) is 3.97. The van der Waals surface area contributed by atoms with Gasteiger partial charge in [0, 0.05) is 24.2 Å². The minimum absolute atomic E-state index is 1.30. The van der Waals surface area contributed by atoms with Crippen molar-refractivity contribution in [2.75, 3.05) is 0 Å². The molecule has 0 spiro atoms. The van der Waals surface area contributed by atoms with E-state index in [1.165, 1.54) is 21.3 Å². The van der Waals surface area contributed by atoms with Crippen molar-refractivity contribution in [1.29, 1.82) is 0 Å². The summed E-state index contributed by atoms with van der Waals surface area (Å²) in [6.07, 6.45) is 2.12. The van der Waals surface area contributed by atoms with E-state index < -0.39 is 0 Å². The lowest BCUT2D eigenvalue weighted by atomic mass is 10.1. The zero-order valence-corrected chi connectivity index (χ0v) is 9.29. The summed E-state index contributed by atoms with van der Waals surface area (Å²) in [5.74, 6) is 0. The average molecular weight is 213 g/mol. The Hall–Kier alpha value is -1.54. The number of rotatable bonds is 1. The van der Waals surface area contributed by atoms with Crippen LogP contribution in [0.25, 0.3) is 21.3 Å². The number of fused-ring (bicyclic) bond motifs is 1. The molecule has 74 valence electrons.